The van der Waals surface area contributed by atoms with Gasteiger partial charge >= 0.3 is 0 Å². The summed E-state index contributed by atoms with van der Waals surface area (Å²) in [4.78, 5) is 8.01. The number of nitrogens with zero attached hydrogens (tertiary/aromatic N) is 2. The van der Waals surface area contributed by atoms with E-state index < -0.39 is 0 Å². The fraction of sp³-hybridized carbons (Fsp3) is 0. The molecule has 4 aromatic rings. The molecule has 0 aliphatic rings. The van der Waals surface area contributed by atoms with Gasteiger partial charge in [0.25, 0.3) is 0 Å². The second-order valence-corrected chi connectivity index (χ2v) is 5.75. The molecule has 2 aromatic heterocycles. The smallest absolute Gasteiger partial charge is 0.141 e. The van der Waals surface area contributed by atoms with Crippen LogP contribution >= 0.6 is 23.2 Å². The van der Waals surface area contributed by atoms with Gasteiger partial charge in [0, 0.05) is 60.9 Å². The predicted octanol–water partition coefficient (Wildman–Crippen LogP) is 4.81. The van der Waals surface area contributed by atoms with E-state index in [0.717, 1.165) is 10.8 Å². The summed E-state index contributed by atoms with van der Waals surface area (Å²) in [5, 5.41) is 21.5. The molecule has 2 radical (unpaired) electrons. The SMILES string of the molecule is Oc1ccc(Cl)c2cccnc12.Oc1ccc(Cl)c2cccnc12.[Ca]. The van der Waals surface area contributed by atoms with Crippen LogP contribution in [-0.2, 0) is 0 Å². The minimum absolute atomic E-state index is 0. The molecule has 0 atom stereocenters. The topological polar surface area (TPSA) is 66.2 Å². The molecule has 0 bridgehead atoms. The summed E-state index contributed by atoms with van der Waals surface area (Å²) in [5.41, 5.74) is 1.09. The zero-order valence-corrected chi connectivity index (χ0v) is 16.7. The van der Waals surface area contributed by atoms with Crippen LogP contribution in [-0.4, -0.2) is 57.9 Å². The molecule has 4 rings (SSSR count). The van der Waals surface area contributed by atoms with E-state index in [1.807, 2.05) is 12.1 Å². The zero-order chi connectivity index (χ0) is 17.1. The van der Waals surface area contributed by atoms with Gasteiger partial charge in [-0.25, -0.2) is 0 Å². The van der Waals surface area contributed by atoms with Gasteiger partial charge in [0.15, 0.2) is 0 Å². The molecular weight excluding hydrogens is 387 g/mol. The molecule has 0 fully saturated rings. The van der Waals surface area contributed by atoms with Crippen molar-refractivity contribution in [3.05, 3.63) is 71.0 Å². The van der Waals surface area contributed by atoms with Gasteiger partial charge in [-0.15, -0.1) is 0 Å². The van der Waals surface area contributed by atoms with Crippen molar-refractivity contribution in [2.75, 3.05) is 0 Å². The average molecular weight is 399 g/mol. The Morgan fingerprint density at radius 3 is 1.40 bits per heavy atom. The standard InChI is InChI=1S/2C9H6ClNO.Ca/c2*10-7-3-4-8(12)9-6(7)2-1-5-11-9;/h2*1-5,12H;. The second-order valence-electron chi connectivity index (χ2n) is 4.93. The summed E-state index contributed by atoms with van der Waals surface area (Å²) in [7, 11) is 0. The first kappa shape index (κ1) is 20.0. The van der Waals surface area contributed by atoms with E-state index in [1.165, 1.54) is 12.1 Å². The van der Waals surface area contributed by atoms with Crippen molar-refractivity contribution < 1.29 is 10.2 Å². The van der Waals surface area contributed by atoms with Gasteiger partial charge in [-0.2, -0.15) is 0 Å². The van der Waals surface area contributed by atoms with Crippen LogP contribution in [0.25, 0.3) is 21.8 Å². The molecule has 122 valence electrons. The minimum Gasteiger partial charge on any atom is -0.506 e. The number of aromatic nitrogens is 2. The monoisotopic (exact) mass is 398 g/mol. The van der Waals surface area contributed by atoms with Crippen LogP contribution in [0.3, 0.4) is 0 Å². The molecule has 2 N–H and O–H groups in total. The van der Waals surface area contributed by atoms with Crippen LogP contribution in [0.5, 0.6) is 11.5 Å². The van der Waals surface area contributed by atoms with Gasteiger partial charge in [0.2, 0.25) is 0 Å². The molecule has 4 nitrogen and oxygen atoms in total. The van der Waals surface area contributed by atoms with Crippen molar-refractivity contribution in [2.24, 2.45) is 0 Å². The molecule has 7 heteroatoms. The summed E-state index contributed by atoms with van der Waals surface area (Å²) < 4.78 is 0. The van der Waals surface area contributed by atoms with Gasteiger partial charge in [-0.1, -0.05) is 23.2 Å². The van der Waals surface area contributed by atoms with E-state index in [-0.39, 0.29) is 49.2 Å². The Hall–Kier alpha value is -1.30. The van der Waals surface area contributed by atoms with Crippen LogP contribution in [0, 0.1) is 0 Å². The van der Waals surface area contributed by atoms with Crippen LogP contribution in [0.1, 0.15) is 0 Å². The van der Waals surface area contributed by atoms with E-state index >= 15 is 0 Å². The van der Waals surface area contributed by atoms with E-state index in [1.54, 1.807) is 36.7 Å². The quantitative estimate of drug-likeness (QED) is 0.417. The average Bonchev–Trinajstić information content (AvgIpc) is 2.63. The normalized spacial score (nSPS) is 10.0. The fourth-order valence-electron chi connectivity index (χ4n) is 2.25. The Morgan fingerprint density at radius 1 is 0.640 bits per heavy atom. The number of rotatable bonds is 0. The van der Waals surface area contributed by atoms with Crippen LogP contribution in [0.15, 0.2) is 60.9 Å². The van der Waals surface area contributed by atoms with Gasteiger partial charge in [-0.05, 0) is 48.5 Å². The van der Waals surface area contributed by atoms with Gasteiger partial charge in [0.05, 0.1) is 10.0 Å². The summed E-state index contributed by atoms with van der Waals surface area (Å²) in [5.74, 6) is 0.324. The minimum atomic E-state index is 0. The molecule has 0 saturated heterocycles. The zero-order valence-electron chi connectivity index (χ0n) is 13.0. The van der Waals surface area contributed by atoms with Crippen LogP contribution in [0.4, 0.5) is 0 Å². The maximum Gasteiger partial charge on any atom is 0.141 e. The Balaban J connectivity index is 0.000000173. The molecule has 25 heavy (non-hydrogen) atoms. The predicted molar refractivity (Wildman–Crippen MR) is 103 cm³/mol. The third-order valence-electron chi connectivity index (χ3n) is 3.39. The number of hydrogen-bond donors (Lipinski definition) is 2. The van der Waals surface area contributed by atoms with Crippen LogP contribution in [0.2, 0.25) is 10.0 Å². The summed E-state index contributed by atoms with van der Waals surface area (Å²) in [6, 6.07) is 13.6. The number of halogens is 2. The summed E-state index contributed by atoms with van der Waals surface area (Å²) in [6.07, 6.45) is 3.25. The van der Waals surface area contributed by atoms with E-state index in [2.05, 4.69) is 9.97 Å². The molecule has 0 aliphatic heterocycles. The van der Waals surface area contributed by atoms with Crippen molar-refractivity contribution in [3.63, 3.8) is 0 Å². The van der Waals surface area contributed by atoms with Gasteiger partial charge < -0.3 is 10.2 Å². The van der Waals surface area contributed by atoms with E-state index in [4.69, 9.17) is 23.2 Å². The number of phenols is 2. The Bertz CT molecular complexity index is 864. The number of hydrogen-bond acceptors (Lipinski definition) is 4. The molecule has 2 heterocycles. The van der Waals surface area contributed by atoms with E-state index in [9.17, 15) is 10.2 Å². The number of fused-ring (bicyclic) bond motifs is 2. The molecule has 0 saturated carbocycles. The third-order valence-corrected chi connectivity index (χ3v) is 4.05. The Kier molecular flexibility index (Phi) is 7.11. The fourth-order valence-corrected chi connectivity index (χ4v) is 2.68. The number of aromatic hydroxyl groups is 2. The van der Waals surface area contributed by atoms with E-state index in [0.29, 0.717) is 21.1 Å². The number of pyridine rings is 2. The Labute approximate surface area is 184 Å². The molecule has 0 amide bonds. The number of benzene rings is 2. The largest absolute Gasteiger partial charge is 0.506 e. The van der Waals surface area contributed by atoms with Crippen molar-refractivity contribution in [3.8, 4) is 11.5 Å². The maximum absolute atomic E-state index is 9.37. The third kappa shape index (κ3) is 4.46. The van der Waals surface area contributed by atoms with Crippen molar-refractivity contribution in [2.45, 2.75) is 0 Å². The first-order valence-electron chi connectivity index (χ1n) is 7.02. The van der Waals surface area contributed by atoms with Gasteiger partial charge in [0.1, 0.15) is 22.5 Å². The Morgan fingerprint density at radius 2 is 1.04 bits per heavy atom. The molecule has 0 aliphatic carbocycles. The first-order chi connectivity index (χ1) is 11.6. The maximum atomic E-state index is 9.37. The molecule has 0 spiro atoms. The second kappa shape index (κ2) is 8.88. The first-order valence-corrected chi connectivity index (χ1v) is 7.78. The summed E-state index contributed by atoms with van der Waals surface area (Å²) >= 11 is 11.8. The van der Waals surface area contributed by atoms with Crippen molar-refractivity contribution in [1.29, 1.82) is 0 Å². The van der Waals surface area contributed by atoms with Gasteiger partial charge in [-0.3, -0.25) is 9.97 Å². The summed E-state index contributed by atoms with van der Waals surface area (Å²) in [6.45, 7) is 0. The molecule has 2 aromatic carbocycles. The molecule has 0 unspecified atom stereocenters. The van der Waals surface area contributed by atoms with Crippen molar-refractivity contribution >= 4 is 82.7 Å². The molecular formula is C18H12CaCl2N2O2. The van der Waals surface area contributed by atoms with Crippen molar-refractivity contribution in [1.82, 2.24) is 9.97 Å². The number of phenolic OH excluding ortho intramolecular Hbond substituents is 2. The van der Waals surface area contributed by atoms with Crippen LogP contribution < -0.4 is 0 Å².